The summed E-state index contributed by atoms with van der Waals surface area (Å²) in [5.41, 5.74) is 0.741. The van der Waals surface area contributed by atoms with Crippen LogP contribution in [0.1, 0.15) is 29.1 Å². The van der Waals surface area contributed by atoms with Crippen LogP contribution < -0.4 is 5.32 Å². The molecule has 0 saturated carbocycles. The first-order valence-electron chi connectivity index (χ1n) is 7.08. The average Bonchev–Trinajstić information content (AvgIpc) is 2.87. The second-order valence-corrected chi connectivity index (χ2v) is 7.05. The molecule has 2 aromatic rings. The van der Waals surface area contributed by atoms with Crippen molar-refractivity contribution in [2.24, 2.45) is 5.41 Å². The zero-order valence-electron chi connectivity index (χ0n) is 13.1. The van der Waals surface area contributed by atoms with E-state index in [2.05, 4.69) is 5.32 Å². The Bertz CT molecular complexity index is 735. The standard InChI is InChI=1S/C17H18FNO3S/c1-10-8-13(15(20)19-9-17(2,3)16(21)22)23-14(10)11-4-6-12(18)7-5-11/h4-8H,9H2,1-3H3,(H,19,20)(H,21,22). The van der Waals surface area contributed by atoms with Crippen LogP contribution in [0.4, 0.5) is 4.39 Å². The van der Waals surface area contributed by atoms with Gasteiger partial charge < -0.3 is 10.4 Å². The van der Waals surface area contributed by atoms with Gasteiger partial charge in [0.15, 0.2) is 0 Å². The lowest BCUT2D eigenvalue weighted by Crippen LogP contribution is -2.38. The summed E-state index contributed by atoms with van der Waals surface area (Å²) in [5, 5.41) is 11.7. The van der Waals surface area contributed by atoms with Crippen molar-refractivity contribution in [3.63, 3.8) is 0 Å². The number of hydrogen-bond donors (Lipinski definition) is 2. The molecule has 0 aliphatic rings. The molecule has 0 aliphatic heterocycles. The first-order chi connectivity index (χ1) is 10.7. The molecule has 4 nitrogen and oxygen atoms in total. The van der Waals surface area contributed by atoms with Crippen LogP contribution in [0.15, 0.2) is 30.3 Å². The Balaban J connectivity index is 2.16. The summed E-state index contributed by atoms with van der Waals surface area (Å²) >= 11 is 1.30. The van der Waals surface area contributed by atoms with Gasteiger partial charge in [-0.1, -0.05) is 12.1 Å². The highest BCUT2D eigenvalue weighted by Gasteiger charge is 2.28. The number of amides is 1. The van der Waals surface area contributed by atoms with Gasteiger partial charge in [-0.3, -0.25) is 9.59 Å². The highest BCUT2D eigenvalue weighted by molar-refractivity contribution is 7.17. The number of hydrogen-bond acceptors (Lipinski definition) is 3. The van der Waals surface area contributed by atoms with Gasteiger partial charge in [0, 0.05) is 11.4 Å². The van der Waals surface area contributed by atoms with Crippen LogP contribution in [-0.2, 0) is 4.79 Å². The summed E-state index contributed by atoms with van der Waals surface area (Å²) in [4.78, 5) is 24.7. The van der Waals surface area contributed by atoms with E-state index in [-0.39, 0.29) is 18.3 Å². The van der Waals surface area contributed by atoms with E-state index in [0.717, 1.165) is 16.0 Å². The molecule has 2 rings (SSSR count). The Labute approximate surface area is 138 Å². The monoisotopic (exact) mass is 335 g/mol. The van der Waals surface area contributed by atoms with Crippen molar-refractivity contribution < 1.29 is 19.1 Å². The number of carboxylic acids is 1. The summed E-state index contributed by atoms with van der Waals surface area (Å²) < 4.78 is 13.0. The van der Waals surface area contributed by atoms with E-state index < -0.39 is 11.4 Å². The second kappa shape index (κ2) is 6.50. The fourth-order valence-electron chi connectivity index (χ4n) is 1.95. The van der Waals surface area contributed by atoms with Gasteiger partial charge in [0.05, 0.1) is 10.3 Å². The lowest BCUT2D eigenvalue weighted by molar-refractivity contribution is -0.146. The number of thiophene rings is 1. The molecule has 0 saturated heterocycles. The van der Waals surface area contributed by atoms with Crippen molar-refractivity contribution in [3.8, 4) is 10.4 Å². The molecule has 6 heteroatoms. The minimum Gasteiger partial charge on any atom is -0.481 e. The largest absolute Gasteiger partial charge is 0.481 e. The number of carbonyl (C=O) groups is 2. The van der Waals surface area contributed by atoms with Crippen LogP contribution >= 0.6 is 11.3 Å². The molecule has 0 spiro atoms. The fraction of sp³-hybridized carbons (Fsp3) is 0.294. The Hall–Kier alpha value is -2.21. The highest BCUT2D eigenvalue weighted by atomic mass is 32.1. The third-order valence-corrected chi connectivity index (χ3v) is 4.80. The Morgan fingerprint density at radius 1 is 1.26 bits per heavy atom. The summed E-state index contributed by atoms with van der Waals surface area (Å²) in [6.45, 7) is 5.04. The Morgan fingerprint density at radius 2 is 1.87 bits per heavy atom. The molecular formula is C17H18FNO3S. The number of nitrogens with one attached hydrogen (secondary N) is 1. The van der Waals surface area contributed by atoms with Crippen molar-refractivity contribution in [3.05, 3.63) is 46.6 Å². The van der Waals surface area contributed by atoms with E-state index in [4.69, 9.17) is 5.11 Å². The highest BCUT2D eigenvalue weighted by Crippen LogP contribution is 2.32. The van der Waals surface area contributed by atoms with Gasteiger partial charge >= 0.3 is 5.97 Å². The first-order valence-corrected chi connectivity index (χ1v) is 7.90. The molecule has 1 amide bonds. The van der Waals surface area contributed by atoms with Gasteiger partial charge in [-0.05, 0) is 50.1 Å². The molecule has 0 atom stereocenters. The molecule has 1 aromatic carbocycles. The molecule has 0 unspecified atom stereocenters. The third kappa shape index (κ3) is 3.96. The number of aliphatic carboxylic acids is 1. The molecule has 1 aromatic heterocycles. The van der Waals surface area contributed by atoms with Crippen LogP contribution in [0.3, 0.4) is 0 Å². The number of aryl methyl sites for hydroxylation is 1. The molecule has 122 valence electrons. The van der Waals surface area contributed by atoms with Gasteiger partial charge in [-0.25, -0.2) is 4.39 Å². The molecule has 2 N–H and O–H groups in total. The Kier molecular flexibility index (Phi) is 4.85. The lowest BCUT2D eigenvalue weighted by Gasteiger charge is -2.19. The number of rotatable bonds is 5. The van der Waals surface area contributed by atoms with Crippen LogP contribution in [0.25, 0.3) is 10.4 Å². The zero-order valence-corrected chi connectivity index (χ0v) is 14.0. The number of carboxylic acid groups (broad SMARTS) is 1. The van der Waals surface area contributed by atoms with E-state index in [9.17, 15) is 14.0 Å². The van der Waals surface area contributed by atoms with Gasteiger partial charge in [-0.15, -0.1) is 11.3 Å². The summed E-state index contributed by atoms with van der Waals surface area (Å²) in [6.07, 6.45) is 0. The minimum atomic E-state index is -1.03. The van der Waals surface area contributed by atoms with E-state index in [1.54, 1.807) is 32.0 Å². The van der Waals surface area contributed by atoms with Gasteiger partial charge in [-0.2, -0.15) is 0 Å². The van der Waals surface area contributed by atoms with Crippen molar-refractivity contribution in [1.29, 1.82) is 0 Å². The van der Waals surface area contributed by atoms with Crippen molar-refractivity contribution in [2.45, 2.75) is 20.8 Å². The molecule has 0 aliphatic carbocycles. The predicted molar refractivity (Wildman–Crippen MR) is 88.2 cm³/mol. The third-order valence-electron chi connectivity index (χ3n) is 3.52. The minimum absolute atomic E-state index is 0.0456. The topological polar surface area (TPSA) is 66.4 Å². The lowest BCUT2D eigenvalue weighted by atomic mass is 9.94. The number of halogens is 1. The van der Waals surface area contributed by atoms with Crippen molar-refractivity contribution in [2.75, 3.05) is 6.54 Å². The van der Waals surface area contributed by atoms with Gasteiger partial charge in [0.25, 0.3) is 5.91 Å². The molecular weight excluding hydrogens is 317 g/mol. The van der Waals surface area contributed by atoms with Crippen LogP contribution in [0, 0.1) is 18.2 Å². The van der Waals surface area contributed by atoms with Crippen LogP contribution in [0.5, 0.6) is 0 Å². The predicted octanol–water partition coefficient (Wildman–Crippen LogP) is 3.70. The molecule has 1 heterocycles. The van der Waals surface area contributed by atoms with E-state index in [0.29, 0.717) is 4.88 Å². The fourth-order valence-corrected chi connectivity index (χ4v) is 3.04. The molecule has 0 radical (unpaired) electrons. The van der Waals surface area contributed by atoms with E-state index in [1.807, 2.05) is 6.92 Å². The zero-order chi connectivity index (χ0) is 17.2. The molecule has 0 bridgehead atoms. The van der Waals surface area contributed by atoms with Crippen LogP contribution in [-0.4, -0.2) is 23.5 Å². The van der Waals surface area contributed by atoms with Gasteiger partial charge in [0.2, 0.25) is 0 Å². The Morgan fingerprint density at radius 3 is 2.43 bits per heavy atom. The van der Waals surface area contributed by atoms with E-state index >= 15 is 0 Å². The number of benzene rings is 1. The maximum Gasteiger partial charge on any atom is 0.310 e. The molecule has 0 fully saturated rings. The molecule has 23 heavy (non-hydrogen) atoms. The maximum absolute atomic E-state index is 13.0. The SMILES string of the molecule is Cc1cc(C(=O)NCC(C)(C)C(=O)O)sc1-c1ccc(F)cc1. The first kappa shape index (κ1) is 17.1. The second-order valence-electron chi connectivity index (χ2n) is 6.00. The number of carbonyl (C=O) groups excluding carboxylic acids is 1. The van der Waals surface area contributed by atoms with Crippen molar-refractivity contribution in [1.82, 2.24) is 5.32 Å². The summed E-state index contributed by atoms with van der Waals surface area (Å²) in [6, 6.07) is 7.85. The summed E-state index contributed by atoms with van der Waals surface area (Å²) in [5.74, 6) is -1.58. The van der Waals surface area contributed by atoms with E-state index in [1.165, 1.54) is 23.5 Å². The average molecular weight is 335 g/mol. The van der Waals surface area contributed by atoms with Gasteiger partial charge in [0.1, 0.15) is 5.82 Å². The van der Waals surface area contributed by atoms with Crippen molar-refractivity contribution >= 4 is 23.2 Å². The quantitative estimate of drug-likeness (QED) is 0.875. The smallest absolute Gasteiger partial charge is 0.310 e. The van der Waals surface area contributed by atoms with Crippen LogP contribution in [0.2, 0.25) is 0 Å². The normalized spacial score (nSPS) is 11.3. The summed E-state index contributed by atoms with van der Waals surface area (Å²) in [7, 11) is 0. The maximum atomic E-state index is 13.0.